The van der Waals surface area contributed by atoms with Crippen molar-refractivity contribution < 1.29 is 29.7 Å². The van der Waals surface area contributed by atoms with E-state index in [1.54, 1.807) is 19.1 Å². The standard InChI is InChI=1S/C16H13NO7/c1-10-3-2-4-14(16(10)24-17(21)22)23-15(20)8-6-11-5-7-12(18)13(19)9-11/h2-9,18-19H,1H3. The Bertz CT molecular complexity index is 814. The Morgan fingerprint density at radius 3 is 2.62 bits per heavy atom. The van der Waals surface area contributed by atoms with Gasteiger partial charge in [-0.1, -0.05) is 18.2 Å². The number of esters is 1. The van der Waals surface area contributed by atoms with E-state index in [2.05, 4.69) is 4.84 Å². The molecule has 24 heavy (non-hydrogen) atoms. The van der Waals surface area contributed by atoms with Gasteiger partial charge in [0.15, 0.2) is 23.0 Å². The first-order valence-corrected chi connectivity index (χ1v) is 6.70. The summed E-state index contributed by atoms with van der Waals surface area (Å²) in [6, 6.07) is 8.51. The zero-order chi connectivity index (χ0) is 17.7. The van der Waals surface area contributed by atoms with Crippen molar-refractivity contribution >= 4 is 12.0 Å². The van der Waals surface area contributed by atoms with E-state index in [-0.39, 0.29) is 23.0 Å². The second kappa shape index (κ2) is 7.14. The van der Waals surface area contributed by atoms with Crippen LogP contribution in [0.25, 0.3) is 6.08 Å². The first-order valence-electron chi connectivity index (χ1n) is 6.70. The van der Waals surface area contributed by atoms with Gasteiger partial charge in [-0.3, -0.25) is 4.84 Å². The summed E-state index contributed by atoms with van der Waals surface area (Å²) in [5.41, 5.74) is 0.887. The maximum Gasteiger partial charge on any atom is 0.336 e. The number of hydrogen-bond acceptors (Lipinski definition) is 7. The second-order valence-corrected chi connectivity index (χ2v) is 4.72. The minimum Gasteiger partial charge on any atom is -0.504 e. The van der Waals surface area contributed by atoms with Crippen molar-refractivity contribution in [3.8, 4) is 23.0 Å². The van der Waals surface area contributed by atoms with E-state index in [1.165, 1.54) is 30.3 Å². The van der Waals surface area contributed by atoms with Crippen molar-refractivity contribution in [3.05, 3.63) is 63.7 Å². The number of phenols is 2. The first-order chi connectivity index (χ1) is 11.4. The molecule has 0 amide bonds. The number of benzene rings is 2. The number of aromatic hydroxyl groups is 2. The van der Waals surface area contributed by atoms with Crippen molar-refractivity contribution in [2.45, 2.75) is 6.92 Å². The molecule has 8 nitrogen and oxygen atoms in total. The molecular formula is C16H13NO7. The number of para-hydroxylation sites is 1. The average molecular weight is 331 g/mol. The van der Waals surface area contributed by atoms with E-state index in [9.17, 15) is 25.1 Å². The molecule has 0 aliphatic carbocycles. The van der Waals surface area contributed by atoms with E-state index >= 15 is 0 Å². The topological polar surface area (TPSA) is 119 Å². The van der Waals surface area contributed by atoms with Crippen LogP contribution in [0.1, 0.15) is 11.1 Å². The van der Waals surface area contributed by atoms with Crippen LogP contribution in [0.4, 0.5) is 0 Å². The number of hydrogen-bond donors (Lipinski definition) is 2. The smallest absolute Gasteiger partial charge is 0.336 e. The summed E-state index contributed by atoms with van der Waals surface area (Å²) < 4.78 is 5.04. The molecule has 124 valence electrons. The summed E-state index contributed by atoms with van der Waals surface area (Å²) in [6.07, 6.45) is 2.43. The maximum absolute atomic E-state index is 11.8. The van der Waals surface area contributed by atoms with Crippen LogP contribution in [0.3, 0.4) is 0 Å². The van der Waals surface area contributed by atoms with Crippen molar-refractivity contribution in [2.24, 2.45) is 0 Å². The SMILES string of the molecule is Cc1cccc(OC(=O)C=Cc2ccc(O)c(O)c2)c1O[N+](=O)[O-]. The van der Waals surface area contributed by atoms with Gasteiger partial charge in [-0.05, 0) is 42.3 Å². The predicted octanol–water partition coefficient (Wildman–Crippen LogP) is 2.60. The minimum absolute atomic E-state index is 0.0881. The lowest BCUT2D eigenvalue weighted by Gasteiger charge is -2.09. The fourth-order valence-corrected chi connectivity index (χ4v) is 1.85. The number of phenolic OH excluding ortho intramolecular Hbond substituents is 2. The van der Waals surface area contributed by atoms with Crippen molar-refractivity contribution in [2.75, 3.05) is 0 Å². The minimum atomic E-state index is -0.991. The molecule has 0 bridgehead atoms. The van der Waals surface area contributed by atoms with E-state index in [0.29, 0.717) is 11.1 Å². The molecule has 0 aromatic heterocycles. The van der Waals surface area contributed by atoms with Gasteiger partial charge in [0, 0.05) is 6.08 Å². The fraction of sp³-hybridized carbons (Fsp3) is 0.0625. The van der Waals surface area contributed by atoms with Crippen LogP contribution >= 0.6 is 0 Å². The van der Waals surface area contributed by atoms with Gasteiger partial charge in [0.1, 0.15) is 0 Å². The lowest BCUT2D eigenvalue weighted by molar-refractivity contribution is -0.711. The highest BCUT2D eigenvalue weighted by Gasteiger charge is 2.13. The third-order valence-corrected chi connectivity index (χ3v) is 2.96. The van der Waals surface area contributed by atoms with Crippen LogP contribution in [0.5, 0.6) is 23.0 Å². The Hall–Kier alpha value is -3.55. The molecule has 0 atom stereocenters. The zero-order valence-electron chi connectivity index (χ0n) is 12.5. The fourth-order valence-electron chi connectivity index (χ4n) is 1.85. The molecule has 0 saturated heterocycles. The molecule has 0 heterocycles. The summed E-state index contributed by atoms with van der Waals surface area (Å²) >= 11 is 0. The van der Waals surface area contributed by atoms with Crippen molar-refractivity contribution in [1.29, 1.82) is 0 Å². The molecular weight excluding hydrogens is 318 g/mol. The predicted molar refractivity (Wildman–Crippen MR) is 83.2 cm³/mol. The lowest BCUT2D eigenvalue weighted by atomic mass is 10.2. The molecule has 0 saturated carbocycles. The Kier molecular flexibility index (Phi) is 5.00. The van der Waals surface area contributed by atoms with Crippen LogP contribution in [0.15, 0.2) is 42.5 Å². The molecule has 0 aliphatic heterocycles. The number of carbonyl (C=O) groups excluding carboxylic acids is 1. The van der Waals surface area contributed by atoms with Crippen LogP contribution in [0.2, 0.25) is 0 Å². The third-order valence-electron chi connectivity index (χ3n) is 2.96. The summed E-state index contributed by atoms with van der Waals surface area (Å²) in [4.78, 5) is 26.8. The first kappa shape index (κ1) is 16.8. The third kappa shape index (κ3) is 4.23. The number of aryl methyl sites for hydroxylation is 1. The molecule has 2 rings (SSSR count). The van der Waals surface area contributed by atoms with Gasteiger partial charge in [-0.2, -0.15) is 0 Å². The largest absolute Gasteiger partial charge is 0.504 e. The monoisotopic (exact) mass is 331 g/mol. The Morgan fingerprint density at radius 2 is 1.96 bits per heavy atom. The Labute approximate surface area is 136 Å². The van der Waals surface area contributed by atoms with Gasteiger partial charge in [-0.25, -0.2) is 4.79 Å². The lowest BCUT2D eigenvalue weighted by Crippen LogP contribution is -2.09. The van der Waals surface area contributed by atoms with Crippen LogP contribution < -0.4 is 9.57 Å². The van der Waals surface area contributed by atoms with E-state index < -0.39 is 11.1 Å². The van der Waals surface area contributed by atoms with Gasteiger partial charge in [0.2, 0.25) is 0 Å². The van der Waals surface area contributed by atoms with Gasteiger partial charge in [-0.15, -0.1) is 10.1 Å². The molecule has 2 aromatic carbocycles. The molecule has 0 radical (unpaired) electrons. The van der Waals surface area contributed by atoms with E-state index in [0.717, 1.165) is 6.08 Å². The highest BCUT2D eigenvalue weighted by atomic mass is 17.0. The summed E-state index contributed by atoms with van der Waals surface area (Å²) in [5.74, 6) is -1.65. The van der Waals surface area contributed by atoms with Crippen molar-refractivity contribution in [1.82, 2.24) is 0 Å². The molecule has 0 spiro atoms. The molecule has 2 N–H and O–H groups in total. The van der Waals surface area contributed by atoms with Gasteiger partial charge in [0.05, 0.1) is 0 Å². The quantitative estimate of drug-likeness (QED) is 0.216. The molecule has 0 unspecified atom stereocenters. The second-order valence-electron chi connectivity index (χ2n) is 4.72. The number of ether oxygens (including phenoxy) is 1. The zero-order valence-corrected chi connectivity index (χ0v) is 12.5. The molecule has 0 aliphatic rings. The number of nitrogens with zero attached hydrogens (tertiary/aromatic N) is 1. The van der Waals surface area contributed by atoms with E-state index in [1.807, 2.05) is 0 Å². The van der Waals surface area contributed by atoms with Crippen molar-refractivity contribution in [3.63, 3.8) is 0 Å². The molecule has 2 aromatic rings. The van der Waals surface area contributed by atoms with Crippen LogP contribution in [-0.4, -0.2) is 21.3 Å². The van der Waals surface area contributed by atoms with Gasteiger partial charge in [0.25, 0.3) is 5.09 Å². The maximum atomic E-state index is 11.8. The van der Waals surface area contributed by atoms with Gasteiger partial charge < -0.3 is 14.9 Å². The van der Waals surface area contributed by atoms with Crippen LogP contribution in [-0.2, 0) is 4.79 Å². The molecule has 0 fully saturated rings. The average Bonchev–Trinajstić information content (AvgIpc) is 2.51. The normalized spacial score (nSPS) is 10.5. The number of rotatable bonds is 5. The summed E-state index contributed by atoms with van der Waals surface area (Å²) in [6.45, 7) is 1.57. The van der Waals surface area contributed by atoms with Gasteiger partial charge >= 0.3 is 5.97 Å². The highest BCUT2D eigenvalue weighted by Crippen LogP contribution is 2.31. The summed E-state index contributed by atoms with van der Waals surface area (Å²) in [7, 11) is 0. The number of carbonyl (C=O) groups is 1. The Balaban J connectivity index is 2.15. The highest BCUT2D eigenvalue weighted by molar-refractivity contribution is 5.89. The van der Waals surface area contributed by atoms with E-state index in [4.69, 9.17) is 4.74 Å². The Morgan fingerprint density at radius 1 is 1.21 bits per heavy atom. The van der Waals surface area contributed by atoms with Crippen LogP contribution in [0, 0.1) is 17.0 Å². The molecule has 8 heteroatoms. The summed E-state index contributed by atoms with van der Waals surface area (Å²) in [5, 5.41) is 28.1.